The SMILES string of the molecule is Cc1cc(-c2ccc(S(C)(=O)=O)cc2)c(-c2ccc(C(F)(F)F)cc2)c(=O)o1. The smallest absolute Gasteiger partial charge is 0.416 e. The van der Waals surface area contributed by atoms with Crippen molar-refractivity contribution in [1.82, 2.24) is 0 Å². The normalized spacial score (nSPS) is 12.2. The van der Waals surface area contributed by atoms with Crippen LogP contribution in [0.25, 0.3) is 22.3 Å². The lowest BCUT2D eigenvalue weighted by Crippen LogP contribution is -2.08. The van der Waals surface area contributed by atoms with Crippen LogP contribution in [0.15, 0.2) is 68.7 Å². The highest BCUT2D eigenvalue weighted by Gasteiger charge is 2.30. The van der Waals surface area contributed by atoms with Gasteiger partial charge in [-0.3, -0.25) is 0 Å². The number of aryl methyl sites for hydroxylation is 1. The van der Waals surface area contributed by atoms with E-state index < -0.39 is 27.2 Å². The third-order valence-corrected chi connectivity index (χ3v) is 5.30. The summed E-state index contributed by atoms with van der Waals surface area (Å²) in [5.74, 6) is 0.322. The second-order valence-corrected chi connectivity index (χ2v) is 8.32. The van der Waals surface area contributed by atoms with Crippen molar-refractivity contribution in [2.75, 3.05) is 6.26 Å². The largest absolute Gasteiger partial charge is 0.428 e. The van der Waals surface area contributed by atoms with E-state index in [0.717, 1.165) is 18.4 Å². The summed E-state index contributed by atoms with van der Waals surface area (Å²) >= 11 is 0. The quantitative estimate of drug-likeness (QED) is 0.630. The van der Waals surface area contributed by atoms with E-state index >= 15 is 0 Å². The van der Waals surface area contributed by atoms with Gasteiger partial charge in [0.15, 0.2) is 9.84 Å². The molecular formula is C20H15F3O4S. The summed E-state index contributed by atoms with van der Waals surface area (Å²) in [6.45, 7) is 1.58. The molecule has 0 N–H and O–H groups in total. The van der Waals surface area contributed by atoms with E-state index in [-0.39, 0.29) is 16.0 Å². The summed E-state index contributed by atoms with van der Waals surface area (Å²) in [5.41, 5.74) is -0.170. The average Bonchev–Trinajstić information content (AvgIpc) is 2.60. The number of hydrogen-bond acceptors (Lipinski definition) is 4. The Kier molecular flexibility index (Phi) is 4.93. The van der Waals surface area contributed by atoms with Crippen LogP contribution >= 0.6 is 0 Å². The molecule has 0 aliphatic rings. The van der Waals surface area contributed by atoms with E-state index in [1.807, 2.05) is 0 Å². The lowest BCUT2D eigenvalue weighted by atomic mass is 9.95. The average molecular weight is 408 g/mol. The fourth-order valence-electron chi connectivity index (χ4n) is 2.82. The predicted molar refractivity (Wildman–Crippen MR) is 98.7 cm³/mol. The molecule has 4 nitrogen and oxygen atoms in total. The Bertz CT molecular complexity index is 1170. The maximum absolute atomic E-state index is 12.8. The van der Waals surface area contributed by atoms with Crippen LogP contribution in [0.2, 0.25) is 0 Å². The zero-order valence-corrected chi connectivity index (χ0v) is 15.7. The van der Waals surface area contributed by atoms with Gasteiger partial charge in [0.25, 0.3) is 0 Å². The summed E-state index contributed by atoms with van der Waals surface area (Å²) in [7, 11) is -3.39. The number of alkyl halides is 3. The Hall–Kier alpha value is -2.87. The summed E-state index contributed by atoms with van der Waals surface area (Å²) in [6, 6.07) is 11.7. The summed E-state index contributed by atoms with van der Waals surface area (Å²) in [6.07, 6.45) is -3.41. The third kappa shape index (κ3) is 4.01. The Morgan fingerprint density at radius 3 is 1.93 bits per heavy atom. The van der Waals surface area contributed by atoms with Crippen LogP contribution < -0.4 is 5.63 Å². The molecule has 28 heavy (non-hydrogen) atoms. The molecule has 0 atom stereocenters. The van der Waals surface area contributed by atoms with E-state index in [9.17, 15) is 26.4 Å². The maximum Gasteiger partial charge on any atom is 0.416 e. The summed E-state index contributed by atoms with van der Waals surface area (Å²) in [4.78, 5) is 12.6. The first kappa shape index (κ1) is 19.9. The van der Waals surface area contributed by atoms with Crippen molar-refractivity contribution < 1.29 is 26.0 Å². The van der Waals surface area contributed by atoms with Gasteiger partial charge in [-0.25, -0.2) is 13.2 Å². The van der Waals surface area contributed by atoms with Crippen molar-refractivity contribution in [3.8, 4) is 22.3 Å². The zero-order chi connectivity index (χ0) is 20.7. The molecule has 0 saturated heterocycles. The van der Waals surface area contributed by atoms with Gasteiger partial charge in [0.1, 0.15) is 5.76 Å². The van der Waals surface area contributed by atoms with Crippen LogP contribution in [-0.2, 0) is 16.0 Å². The number of rotatable bonds is 3. The molecule has 0 unspecified atom stereocenters. The molecule has 0 saturated carbocycles. The minimum atomic E-state index is -4.49. The predicted octanol–water partition coefficient (Wildman–Crippen LogP) is 4.70. The Balaban J connectivity index is 2.17. The number of hydrogen-bond donors (Lipinski definition) is 0. The molecule has 0 aliphatic carbocycles. The maximum atomic E-state index is 12.8. The van der Waals surface area contributed by atoms with E-state index in [1.54, 1.807) is 13.0 Å². The van der Waals surface area contributed by atoms with Crippen LogP contribution in [-0.4, -0.2) is 14.7 Å². The summed E-state index contributed by atoms with van der Waals surface area (Å²) < 4.78 is 66.8. The molecule has 1 aromatic heterocycles. The molecule has 146 valence electrons. The van der Waals surface area contributed by atoms with Gasteiger partial charge in [0.2, 0.25) is 0 Å². The van der Waals surface area contributed by atoms with Crippen molar-refractivity contribution in [3.63, 3.8) is 0 Å². The number of sulfone groups is 1. The van der Waals surface area contributed by atoms with Gasteiger partial charge in [0, 0.05) is 11.8 Å². The first-order chi connectivity index (χ1) is 13.0. The second kappa shape index (κ2) is 6.94. The molecule has 0 bridgehead atoms. The molecule has 8 heteroatoms. The number of halogens is 3. The van der Waals surface area contributed by atoms with Crippen molar-refractivity contribution in [1.29, 1.82) is 0 Å². The molecule has 3 rings (SSSR count). The summed E-state index contributed by atoms with van der Waals surface area (Å²) in [5, 5.41) is 0. The monoisotopic (exact) mass is 408 g/mol. The van der Waals surface area contributed by atoms with Gasteiger partial charge in [-0.2, -0.15) is 13.2 Å². The zero-order valence-electron chi connectivity index (χ0n) is 14.9. The molecular weight excluding hydrogens is 393 g/mol. The molecule has 0 aliphatic heterocycles. The standard InChI is InChI=1S/C20H15F3O4S/c1-12-11-17(13-5-9-16(10-6-13)28(2,25)26)18(19(24)27-12)14-3-7-15(8-4-14)20(21,22)23/h3-11H,1-2H3. The van der Waals surface area contributed by atoms with Crippen molar-refractivity contribution >= 4 is 9.84 Å². The van der Waals surface area contributed by atoms with E-state index in [1.165, 1.54) is 36.4 Å². The van der Waals surface area contributed by atoms with Crippen LogP contribution in [0.5, 0.6) is 0 Å². The van der Waals surface area contributed by atoms with Crippen molar-refractivity contribution in [3.05, 3.63) is 76.3 Å². The fraction of sp³-hybridized carbons (Fsp3) is 0.150. The Morgan fingerprint density at radius 1 is 0.893 bits per heavy atom. The highest BCUT2D eigenvalue weighted by molar-refractivity contribution is 7.90. The van der Waals surface area contributed by atoms with Gasteiger partial charge in [-0.05, 0) is 48.4 Å². The molecule has 3 aromatic rings. The van der Waals surface area contributed by atoms with Crippen LogP contribution in [0.1, 0.15) is 11.3 Å². The number of benzene rings is 2. The van der Waals surface area contributed by atoms with Gasteiger partial charge in [-0.15, -0.1) is 0 Å². The lowest BCUT2D eigenvalue weighted by Gasteiger charge is -2.12. The fourth-order valence-corrected chi connectivity index (χ4v) is 3.45. The Labute approximate surface area is 159 Å². The van der Waals surface area contributed by atoms with Crippen molar-refractivity contribution in [2.24, 2.45) is 0 Å². The first-order valence-electron chi connectivity index (χ1n) is 8.10. The second-order valence-electron chi connectivity index (χ2n) is 6.30. The van der Waals surface area contributed by atoms with E-state index in [4.69, 9.17) is 4.42 Å². The highest BCUT2D eigenvalue weighted by atomic mass is 32.2. The van der Waals surface area contributed by atoms with Gasteiger partial charge in [0.05, 0.1) is 16.0 Å². The molecule has 2 aromatic carbocycles. The molecule has 0 spiro atoms. The van der Waals surface area contributed by atoms with E-state index in [2.05, 4.69) is 0 Å². The molecule has 0 radical (unpaired) electrons. The van der Waals surface area contributed by atoms with Gasteiger partial charge >= 0.3 is 11.8 Å². The topological polar surface area (TPSA) is 64.3 Å². The molecule has 0 amide bonds. The lowest BCUT2D eigenvalue weighted by molar-refractivity contribution is -0.137. The third-order valence-electron chi connectivity index (χ3n) is 4.17. The van der Waals surface area contributed by atoms with Crippen LogP contribution in [0.3, 0.4) is 0 Å². The van der Waals surface area contributed by atoms with E-state index in [0.29, 0.717) is 16.9 Å². The molecule has 1 heterocycles. The van der Waals surface area contributed by atoms with Crippen LogP contribution in [0.4, 0.5) is 13.2 Å². The van der Waals surface area contributed by atoms with Gasteiger partial charge < -0.3 is 4.42 Å². The van der Waals surface area contributed by atoms with Gasteiger partial charge in [-0.1, -0.05) is 24.3 Å². The van der Waals surface area contributed by atoms with Crippen LogP contribution in [0, 0.1) is 6.92 Å². The first-order valence-corrected chi connectivity index (χ1v) is 9.99. The highest BCUT2D eigenvalue weighted by Crippen LogP contribution is 2.34. The Morgan fingerprint density at radius 2 is 1.43 bits per heavy atom. The molecule has 0 fully saturated rings. The van der Waals surface area contributed by atoms with Crippen molar-refractivity contribution in [2.45, 2.75) is 18.0 Å². The minimum Gasteiger partial charge on any atom is -0.428 e. The minimum absolute atomic E-state index is 0.103.